The summed E-state index contributed by atoms with van der Waals surface area (Å²) in [6, 6.07) is 22.4. The van der Waals surface area contributed by atoms with Crippen LogP contribution in [-0.2, 0) is 18.4 Å². The van der Waals surface area contributed by atoms with E-state index in [-0.39, 0.29) is 5.41 Å². The molecule has 1 aromatic heterocycles. The molecule has 2 heteroatoms. The van der Waals surface area contributed by atoms with Crippen LogP contribution in [-0.4, -0.2) is 4.98 Å². The first-order valence-corrected chi connectivity index (χ1v) is 15.8. The summed E-state index contributed by atoms with van der Waals surface area (Å²) in [5.74, 6) is 1.86. The molecule has 2 unspecified atom stereocenters. The lowest BCUT2D eigenvalue weighted by Crippen LogP contribution is -2.43. The van der Waals surface area contributed by atoms with Crippen LogP contribution in [0.4, 0.5) is 0 Å². The zero-order valence-corrected chi connectivity index (χ0v) is 24.8. The average Bonchev–Trinajstić information content (AvgIpc) is 3.41. The van der Waals surface area contributed by atoms with Crippen molar-refractivity contribution in [3.63, 3.8) is 0 Å². The monoisotopic (exact) mass is 515 g/mol. The first-order valence-electron chi connectivity index (χ1n) is 15.8. The number of hydrogen-bond donors (Lipinski definition) is 1. The van der Waals surface area contributed by atoms with Crippen molar-refractivity contribution < 1.29 is 4.57 Å². The molecule has 2 aromatic carbocycles. The first kappa shape index (κ1) is 30.2. The molecule has 0 saturated heterocycles. The Bertz CT molecular complexity index is 977. The molecule has 0 saturated carbocycles. The second-order valence-corrected chi connectivity index (χ2v) is 11.7. The molecule has 2 nitrogen and oxygen atoms in total. The molecule has 208 valence electrons. The quantitative estimate of drug-likeness (QED) is 0.114. The van der Waals surface area contributed by atoms with Crippen molar-refractivity contribution in [1.82, 2.24) is 4.98 Å². The third-order valence-electron chi connectivity index (χ3n) is 8.59. The highest BCUT2D eigenvalue weighted by Gasteiger charge is 2.41. The van der Waals surface area contributed by atoms with Crippen molar-refractivity contribution in [2.45, 2.75) is 135 Å². The van der Waals surface area contributed by atoms with Gasteiger partial charge in [0.15, 0.2) is 0 Å². The summed E-state index contributed by atoms with van der Waals surface area (Å²) < 4.78 is 2.55. The van der Waals surface area contributed by atoms with Gasteiger partial charge in [-0.15, -0.1) is 0 Å². The van der Waals surface area contributed by atoms with Gasteiger partial charge in [-0.2, -0.15) is 0 Å². The fraction of sp³-hybridized carbons (Fsp3) is 0.583. The van der Waals surface area contributed by atoms with E-state index in [0.717, 1.165) is 13.0 Å². The van der Waals surface area contributed by atoms with E-state index >= 15 is 0 Å². The molecule has 38 heavy (non-hydrogen) atoms. The lowest BCUT2D eigenvalue weighted by molar-refractivity contribution is -0.705. The molecule has 1 N–H and O–H groups in total. The molecular weight excluding hydrogens is 460 g/mol. The number of nitrogens with zero attached hydrogens (tertiary/aromatic N) is 1. The second kappa shape index (κ2) is 17.3. The van der Waals surface area contributed by atoms with E-state index in [1.54, 1.807) is 0 Å². The van der Waals surface area contributed by atoms with Crippen LogP contribution in [0.1, 0.15) is 134 Å². The van der Waals surface area contributed by atoms with Gasteiger partial charge >= 0.3 is 0 Å². The maximum absolute atomic E-state index is 3.74. The SMILES string of the molecule is CCCCCCCCCCCC[n+]1cc[nH]c1C(CCCCC)C(C)(Cc1ccccc1)c1ccccc1. The summed E-state index contributed by atoms with van der Waals surface area (Å²) >= 11 is 0. The Balaban J connectivity index is 1.71. The van der Waals surface area contributed by atoms with Crippen molar-refractivity contribution >= 4 is 0 Å². The van der Waals surface area contributed by atoms with E-state index in [1.165, 1.54) is 107 Å². The Labute approximate surface area is 234 Å². The third-order valence-corrected chi connectivity index (χ3v) is 8.59. The number of aryl methyl sites for hydroxylation is 1. The number of imidazole rings is 1. The molecule has 1 heterocycles. The molecule has 0 aliphatic heterocycles. The molecular formula is C36H55N2+. The van der Waals surface area contributed by atoms with Gasteiger partial charge in [0.1, 0.15) is 12.4 Å². The minimum atomic E-state index is 0.0146. The zero-order valence-electron chi connectivity index (χ0n) is 24.8. The second-order valence-electron chi connectivity index (χ2n) is 11.7. The molecule has 0 aliphatic rings. The summed E-state index contributed by atoms with van der Waals surface area (Å²) in [4.78, 5) is 3.74. The number of nitrogens with one attached hydrogen (secondary N) is 1. The normalized spacial score (nSPS) is 13.9. The number of aromatic amines is 1. The maximum Gasteiger partial charge on any atom is 0.258 e. The van der Waals surface area contributed by atoms with Gasteiger partial charge in [0.2, 0.25) is 0 Å². The molecule has 3 rings (SSSR count). The molecule has 0 amide bonds. The standard InChI is InChI=1S/C36H54N2/c1-4-6-8-9-10-11-12-13-14-22-29-38-30-28-37-35(38)34(27-17-7-5-2)36(3,33-25-20-16-21-26-33)31-32-23-18-15-19-24-32/h15-16,18-21,23-26,28,30,34H,4-14,17,22,27,29,31H2,1-3H3/p+1. The number of rotatable bonds is 20. The van der Waals surface area contributed by atoms with Crippen LogP contribution in [0.3, 0.4) is 0 Å². The highest BCUT2D eigenvalue weighted by atomic mass is 15.1. The zero-order chi connectivity index (χ0) is 26.9. The highest BCUT2D eigenvalue weighted by molar-refractivity contribution is 5.32. The van der Waals surface area contributed by atoms with Crippen LogP contribution in [0, 0.1) is 0 Å². The summed E-state index contributed by atoms with van der Waals surface area (Å²) in [5, 5.41) is 0. The van der Waals surface area contributed by atoms with Crippen LogP contribution in [0.5, 0.6) is 0 Å². The summed E-state index contributed by atoms with van der Waals surface area (Å²) in [6.07, 6.45) is 24.4. The summed E-state index contributed by atoms with van der Waals surface area (Å²) in [5.41, 5.74) is 2.89. The van der Waals surface area contributed by atoms with Gasteiger partial charge in [0, 0.05) is 5.41 Å². The van der Waals surface area contributed by atoms with Gasteiger partial charge in [0.25, 0.3) is 5.82 Å². The predicted molar refractivity (Wildman–Crippen MR) is 164 cm³/mol. The van der Waals surface area contributed by atoms with Gasteiger partial charge in [-0.05, 0) is 36.8 Å². The Kier molecular flexibility index (Phi) is 13.7. The Morgan fingerprint density at radius 1 is 0.684 bits per heavy atom. The molecule has 0 spiro atoms. The topological polar surface area (TPSA) is 19.7 Å². The smallest absolute Gasteiger partial charge is 0.247 e. The molecule has 0 bridgehead atoms. The van der Waals surface area contributed by atoms with Crippen molar-refractivity contribution in [3.8, 4) is 0 Å². The van der Waals surface area contributed by atoms with E-state index in [4.69, 9.17) is 0 Å². The van der Waals surface area contributed by atoms with Crippen molar-refractivity contribution in [3.05, 3.63) is 90.0 Å². The average molecular weight is 516 g/mol. The van der Waals surface area contributed by atoms with Crippen LogP contribution >= 0.6 is 0 Å². The van der Waals surface area contributed by atoms with E-state index in [2.05, 4.69) is 103 Å². The Hall–Kier alpha value is -2.35. The van der Waals surface area contributed by atoms with E-state index in [9.17, 15) is 0 Å². The van der Waals surface area contributed by atoms with Crippen LogP contribution in [0.15, 0.2) is 73.1 Å². The Morgan fingerprint density at radius 2 is 1.24 bits per heavy atom. The van der Waals surface area contributed by atoms with Gasteiger partial charge in [-0.25, -0.2) is 9.55 Å². The fourth-order valence-corrected chi connectivity index (χ4v) is 6.26. The van der Waals surface area contributed by atoms with E-state index in [1.807, 2.05) is 0 Å². The maximum atomic E-state index is 3.74. The van der Waals surface area contributed by atoms with Crippen LogP contribution in [0.2, 0.25) is 0 Å². The summed E-state index contributed by atoms with van der Waals surface area (Å²) in [6.45, 7) is 8.25. The molecule has 0 radical (unpaired) electrons. The van der Waals surface area contributed by atoms with Crippen molar-refractivity contribution in [1.29, 1.82) is 0 Å². The van der Waals surface area contributed by atoms with Gasteiger partial charge in [0.05, 0.1) is 12.5 Å². The van der Waals surface area contributed by atoms with E-state index < -0.39 is 0 Å². The largest absolute Gasteiger partial charge is 0.258 e. The fourth-order valence-electron chi connectivity index (χ4n) is 6.26. The highest BCUT2D eigenvalue weighted by Crippen LogP contribution is 2.43. The first-order chi connectivity index (χ1) is 18.7. The number of aromatic nitrogens is 2. The number of H-pyrrole nitrogens is 1. The lowest BCUT2D eigenvalue weighted by atomic mass is 9.66. The summed E-state index contributed by atoms with van der Waals surface area (Å²) in [7, 11) is 0. The molecule has 2 atom stereocenters. The third kappa shape index (κ3) is 9.44. The minimum Gasteiger partial charge on any atom is -0.247 e. The van der Waals surface area contributed by atoms with Crippen LogP contribution < -0.4 is 4.57 Å². The molecule has 3 aromatic rings. The van der Waals surface area contributed by atoms with E-state index in [0.29, 0.717) is 5.92 Å². The lowest BCUT2D eigenvalue weighted by Gasteiger charge is -2.37. The minimum absolute atomic E-state index is 0.0146. The number of benzene rings is 2. The Morgan fingerprint density at radius 3 is 1.87 bits per heavy atom. The van der Waals surface area contributed by atoms with Crippen molar-refractivity contribution in [2.24, 2.45) is 0 Å². The van der Waals surface area contributed by atoms with Gasteiger partial charge in [-0.3, -0.25) is 0 Å². The number of hydrogen-bond acceptors (Lipinski definition) is 0. The number of unbranched alkanes of at least 4 members (excludes halogenated alkanes) is 11. The molecule has 0 fully saturated rings. The molecule has 0 aliphatic carbocycles. The van der Waals surface area contributed by atoms with Gasteiger partial charge in [-0.1, -0.05) is 152 Å². The van der Waals surface area contributed by atoms with Crippen molar-refractivity contribution in [2.75, 3.05) is 0 Å². The van der Waals surface area contributed by atoms with Crippen LogP contribution in [0.25, 0.3) is 0 Å². The van der Waals surface area contributed by atoms with Gasteiger partial charge < -0.3 is 0 Å². The predicted octanol–water partition coefficient (Wildman–Crippen LogP) is 10.1.